The van der Waals surface area contributed by atoms with Gasteiger partial charge in [-0.3, -0.25) is 9.78 Å². The first-order valence-electron chi connectivity index (χ1n) is 9.10. The van der Waals surface area contributed by atoms with Gasteiger partial charge in [0.25, 0.3) is 5.91 Å². The summed E-state index contributed by atoms with van der Waals surface area (Å²) in [7, 11) is 0. The number of nitrogens with zero attached hydrogens (tertiary/aromatic N) is 1. The smallest absolute Gasteiger partial charge is 0.267 e. The third-order valence-corrected chi connectivity index (χ3v) is 5.36. The van der Waals surface area contributed by atoms with Crippen LogP contribution >= 0.6 is 0 Å². The molecule has 26 heavy (non-hydrogen) atoms. The summed E-state index contributed by atoms with van der Waals surface area (Å²) in [5.74, 6) is -0.0582. The Bertz CT molecular complexity index is 896. The molecule has 0 aliphatic heterocycles. The fourth-order valence-corrected chi connectivity index (χ4v) is 3.95. The Hall–Kier alpha value is -2.69. The monoisotopic (exact) mass is 351 g/mol. The summed E-state index contributed by atoms with van der Waals surface area (Å²) in [5.41, 5.74) is 3.26. The van der Waals surface area contributed by atoms with E-state index < -0.39 is 0 Å². The van der Waals surface area contributed by atoms with E-state index in [1.807, 2.05) is 19.2 Å². The van der Waals surface area contributed by atoms with Gasteiger partial charge in [-0.15, -0.1) is 0 Å². The topological polar surface area (TPSA) is 57.8 Å². The van der Waals surface area contributed by atoms with Crippen LogP contribution in [0.25, 0.3) is 10.9 Å². The van der Waals surface area contributed by atoms with Crippen LogP contribution in [-0.2, 0) is 0 Å². The zero-order valence-electron chi connectivity index (χ0n) is 14.8. The van der Waals surface area contributed by atoms with Gasteiger partial charge in [0, 0.05) is 23.8 Å². The summed E-state index contributed by atoms with van der Waals surface area (Å²) in [6.07, 6.45) is 7.77. The number of aromatic amines is 1. The minimum Gasteiger partial charge on any atom is -0.350 e. The molecule has 0 bridgehead atoms. The molecule has 0 radical (unpaired) electrons. The molecule has 2 heterocycles. The number of halogens is 1. The highest BCUT2D eigenvalue weighted by Gasteiger charge is 2.25. The second-order valence-electron chi connectivity index (χ2n) is 7.16. The molecule has 1 aliphatic rings. The predicted octanol–water partition coefficient (Wildman–Crippen LogP) is 4.47. The third-order valence-electron chi connectivity index (χ3n) is 5.36. The lowest BCUT2D eigenvalue weighted by atomic mass is 9.82. The first-order valence-corrected chi connectivity index (χ1v) is 9.10. The van der Waals surface area contributed by atoms with Crippen molar-refractivity contribution in [2.75, 3.05) is 0 Å². The average Bonchev–Trinajstić information content (AvgIpc) is 3.13. The SMILES string of the molecule is Cc1ccc(F)c2cc(C(=O)N[C@H]3CCC[C@@H](c4cccnc4)C3)[nH]c12. The number of hydrogen-bond acceptors (Lipinski definition) is 2. The van der Waals surface area contributed by atoms with Gasteiger partial charge in [0.15, 0.2) is 0 Å². The van der Waals surface area contributed by atoms with E-state index in [1.165, 1.54) is 11.6 Å². The van der Waals surface area contributed by atoms with Crippen molar-refractivity contribution in [3.05, 3.63) is 65.4 Å². The quantitative estimate of drug-likeness (QED) is 0.732. The molecule has 4 nitrogen and oxygen atoms in total. The van der Waals surface area contributed by atoms with Crippen LogP contribution in [0.3, 0.4) is 0 Å². The van der Waals surface area contributed by atoms with Gasteiger partial charge in [0.2, 0.25) is 0 Å². The molecule has 2 atom stereocenters. The maximum absolute atomic E-state index is 14.0. The van der Waals surface area contributed by atoms with Crippen LogP contribution in [0.1, 0.15) is 53.2 Å². The van der Waals surface area contributed by atoms with Crippen molar-refractivity contribution in [1.82, 2.24) is 15.3 Å². The second kappa shape index (κ2) is 6.90. The highest BCUT2D eigenvalue weighted by Crippen LogP contribution is 2.32. The van der Waals surface area contributed by atoms with Crippen molar-refractivity contribution in [1.29, 1.82) is 0 Å². The summed E-state index contributed by atoms with van der Waals surface area (Å²) in [6.45, 7) is 1.90. The number of pyridine rings is 1. The van der Waals surface area contributed by atoms with Crippen molar-refractivity contribution in [3.8, 4) is 0 Å². The molecule has 1 saturated carbocycles. The molecule has 0 saturated heterocycles. The molecule has 1 aliphatic carbocycles. The Morgan fingerprint density at radius 1 is 1.31 bits per heavy atom. The van der Waals surface area contributed by atoms with E-state index in [1.54, 1.807) is 18.3 Å². The van der Waals surface area contributed by atoms with Gasteiger partial charge in [0.05, 0.1) is 5.52 Å². The van der Waals surface area contributed by atoms with Crippen LogP contribution in [-0.4, -0.2) is 21.9 Å². The maximum atomic E-state index is 14.0. The molecule has 5 heteroatoms. The van der Waals surface area contributed by atoms with Crippen LogP contribution in [0.2, 0.25) is 0 Å². The minimum atomic E-state index is -0.310. The number of carbonyl (C=O) groups is 1. The Labute approximate surface area is 151 Å². The van der Waals surface area contributed by atoms with Crippen LogP contribution in [0.5, 0.6) is 0 Å². The number of H-pyrrole nitrogens is 1. The van der Waals surface area contributed by atoms with Gasteiger partial charge < -0.3 is 10.3 Å². The van der Waals surface area contributed by atoms with Crippen molar-refractivity contribution in [2.24, 2.45) is 0 Å². The molecule has 3 aromatic rings. The molecule has 4 rings (SSSR count). The molecule has 1 amide bonds. The first-order chi connectivity index (χ1) is 12.6. The van der Waals surface area contributed by atoms with E-state index in [0.29, 0.717) is 22.5 Å². The largest absolute Gasteiger partial charge is 0.350 e. The third kappa shape index (κ3) is 3.21. The number of amides is 1. The Morgan fingerprint density at radius 2 is 2.19 bits per heavy atom. The van der Waals surface area contributed by atoms with Crippen LogP contribution < -0.4 is 5.32 Å². The number of aryl methyl sites for hydroxylation is 1. The first kappa shape index (κ1) is 16.8. The van der Waals surface area contributed by atoms with Gasteiger partial charge in [0.1, 0.15) is 11.5 Å². The Morgan fingerprint density at radius 3 is 2.96 bits per heavy atom. The fraction of sp³-hybridized carbons (Fsp3) is 0.333. The zero-order chi connectivity index (χ0) is 18.1. The fourth-order valence-electron chi connectivity index (χ4n) is 3.95. The summed E-state index contributed by atoms with van der Waals surface area (Å²) < 4.78 is 14.0. The number of aromatic nitrogens is 2. The lowest BCUT2D eigenvalue weighted by Crippen LogP contribution is -2.38. The van der Waals surface area contributed by atoms with E-state index in [-0.39, 0.29) is 17.8 Å². The molecule has 0 spiro atoms. The summed E-state index contributed by atoms with van der Waals surface area (Å²) in [6, 6.07) is 8.94. The maximum Gasteiger partial charge on any atom is 0.267 e. The lowest BCUT2D eigenvalue weighted by molar-refractivity contribution is 0.0921. The van der Waals surface area contributed by atoms with E-state index >= 15 is 0 Å². The van der Waals surface area contributed by atoms with Gasteiger partial charge in [-0.05, 0) is 61.4 Å². The number of fused-ring (bicyclic) bond motifs is 1. The van der Waals surface area contributed by atoms with Crippen molar-refractivity contribution >= 4 is 16.8 Å². The highest BCUT2D eigenvalue weighted by atomic mass is 19.1. The summed E-state index contributed by atoms with van der Waals surface area (Å²) in [4.78, 5) is 20.0. The normalized spacial score (nSPS) is 20.2. The van der Waals surface area contributed by atoms with Gasteiger partial charge in [-0.1, -0.05) is 18.6 Å². The number of rotatable bonds is 3. The average molecular weight is 351 g/mol. The van der Waals surface area contributed by atoms with Crippen LogP contribution in [0.15, 0.2) is 42.7 Å². The van der Waals surface area contributed by atoms with Crippen molar-refractivity contribution in [2.45, 2.75) is 44.6 Å². The van der Waals surface area contributed by atoms with E-state index in [0.717, 1.165) is 31.2 Å². The van der Waals surface area contributed by atoms with Gasteiger partial charge >= 0.3 is 0 Å². The number of carbonyl (C=O) groups excluding carboxylic acids is 1. The minimum absolute atomic E-state index is 0.124. The number of hydrogen-bond donors (Lipinski definition) is 2. The lowest BCUT2D eigenvalue weighted by Gasteiger charge is -2.29. The van der Waals surface area contributed by atoms with Crippen LogP contribution in [0, 0.1) is 12.7 Å². The second-order valence-corrected chi connectivity index (χ2v) is 7.16. The van der Waals surface area contributed by atoms with E-state index in [9.17, 15) is 9.18 Å². The van der Waals surface area contributed by atoms with Crippen molar-refractivity contribution in [3.63, 3.8) is 0 Å². The number of nitrogens with one attached hydrogen (secondary N) is 2. The predicted molar refractivity (Wildman–Crippen MR) is 99.7 cm³/mol. The Balaban J connectivity index is 1.49. The standard InChI is InChI=1S/C21H22FN3O/c1-13-7-8-18(22)17-11-19(25-20(13)17)21(26)24-16-6-2-4-14(10-16)15-5-3-9-23-12-15/h3,5,7-9,11-12,14,16,25H,2,4,6,10H2,1H3,(H,24,26)/t14-,16+/m1/s1. The molecule has 0 unspecified atom stereocenters. The summed E-state index contributed by atoms with van der Waals surface area (Å²) in [5, 5.41) is 3.59. The molecule has 2 aromatic heterocycles. The summed E-state index contributed by atoms with van der Waals surface area (Å²) >= 11 is 0. The zero-order valence-corrected chi connectivity index (χ0v) is 14.8. The molecule has 2 N–H and O–H groups in total. The Kier molecular flexibility index (Phi) is 4.45. The van der Waals surface area contributed by atoms with E-state index in [2.05, 4.69) is 21.4 Å². The van der Waals surface area contributed by atoms with Gasteiger partial charge in [-0.2, -0.15) is 0 Å². The number of benzene rings is 1. The van der Waals surface area contributed by atoms with Crippen LogP contribution in [0.4, 0.5) is 4.39 Å². The molecule has 134 valence electrons. The highest BCUT2D eigenvalue weighted by molar-refractivity contribution is 5.99. The van der Waals surface area contributed by atoms with Gasteiger partial charge in [-0.25, -0.2) is 4.39 Å². The molecule has 1 fully saturated rings. The molecular formula is C21H22FN3O. The molecular weight excluding hydrogens is 329 g/mol. The van der Waals surface area contributed by atoms with E-state index in [4.69, 9.17) is 0 Å². The van der Waals surface area contributed by atoms with Crippen molar-refractivity contribution < 1.29 is 9.18 Å². The molecule has 1 aromatic carbocycles.